The summed E-state index contributed by atoms with van der Waals surface area (Å²) in [4.78, 5) is 51.3. The van der Waals surface area contributed by atoms with E-state index >= 15 is 0 Å². The zero-order chi connectivity index (χ0) is 35.6. The number of nitrogens with zero attached hydrogens (tertiary/aromatic N) is 2. The summed E-state index contributed by atoms with van der Waals surface area (Å²) >= 11 is 13.6. The van der Waals surface area contributed by atoms with E-state index in [1.165, 1.54) is 12.8 Å². The molecule has 288 valence electrons. The summed E-state index contributed by atoms with van der Waals surface area (Å²) in [6.07, 6.45) is 1.84. The Bertz CT molecular complexity index is 789. The molecule has 0 aliphatic rings. The van der Waals surface area contributed by atoms with Gasteiger partial charge < -0.3 is 40.1 Å². The summed E-state index contributed by atoms with van der Waals surface area (Å²) in [5.74, 6) is 7.67. The number of rotatable bonds is 38. The molecule has 0 rings (SSSR count). The first-order valence-electron chi connectivity index (χ1n) is 15.4. The van der Waals surface area contributed by atoms with Crippen LogP contribution in [0.2, 0.25) is 0 Å². The summed E-state index contributed by atoms with van der Waals surface area (Å²) in [5, 5.41) is 25.5. The number of aliphatic hydroxyl groups excluding tert-OH is 2. The van der Waals surface area contributed by atoms with Gasteiger partial charge in [0.15, 0.2) is 0 Å². The van der Waals surface area contributed by atoms with Crippen LogP contribution in [0.5, 0.6) is 0 Å². The molecule has 0 aromatic carbocycles. The zero-order valence-electron chi connectivity index (χ0n) is 27.7. The summed E-state index contributed by atoms with van der Waals surface area (Å²) < 4.78 is 10.2. The second kappa shape index (κ2) is 44.3. The van der Waals surface area contributed by atoms with Crippen LogP contribution in [0.4, 0.5) is 9.59 Å². The highest BCUT2D eigenvalue weighted by atomic mass is 32.2. The molecule has 0 aliphatic carbocycles. The molecule has 0 aromatic rings. The standard InChI is InChI=1S/C27H52N4O10S8/c32-5-15-42-17-7-36-26(34)30-3-13-46-23-45-12-2-29-22-41-39-10-20-49-25-48-18-8-37-27(35)31-4-14-47-24-44-11-1-28-21-40-38-9-19-43-16-6-33/h21-22,32-33H,1-20,23-25H2,(H,30,34)(H,31,35). The number of alkyl carbamates (subject to hydrolysis) is 2. The first kappa shape index (κ1) is 49.1. The van der Waals surface area contributed by atoms with Crippen molar-refractivity contribution in [2.24, 2.45) is 9.98 Å². The Balaban J connectivity index is 3.26. The Kier molecular flexibility index (Phi) is 44.4. The van der Waals surface area contributed by atoms with Crippen LogP contribution >= 0.6 is 94.1 Å². The van der Waals surface area contributed by atoms with Gasteiger partial charge in [-0.15, -0.1) is 70.6 Å². The van der Waals surface area contributed by atoms with E-state index < -0.39 is 6.09 Å². The summed E-state index contributed by atoms with van der Waals surface area (Å²) in [7, 11) is 0. The van der Waals surface area contributed by atoms with Gasteiger partial charge in [-0.2, -0.15) is 33.3 Å². The van der Waals surface area contributed by atoms with Crippen molar-refractivity contribution in [2.45, 2.75) is 0 Å². The first-order valence-corrected chi connectivity index (χ1v) is 24.6. The molecule has 2 amide bonds. The number of aliphatic imine (C=N–C) groups is 2. The number of aliphatic hydroxyl groups is 2. The minimum atomic E-state index is -0.403. The third-order valence-corrected chi connectivity index (χ3v) is 13.3. The molecule has 0 radical (unpaired) electrons. The second-order valence-corrected chi connectivity index (χ2v) is 18.6. The van der Waals surface area contributed by atoms with Gasteiger partial charge in [-0.25, -0.2) is 9.59 Å². The fraction of sp³-hybridized carbons (Fsp3) is 0.852. The molecular weight excluding hydrogens is 797 g/mol. The maximum Gasteiger partial charge on any atom is 0.407 e. The van der Waals surface area contributed by atoms with E-state index in [2.05, 4.69) is 20.6 Å². The molecule has 0 atom stereocenters. The largest absolute Gasteiger partial charge is 0.449 e. The quantitative estimate of drug-likeness (QED) is 0.0174. The number of carbonyl (C=O) groups excluding carboxylic acids is 2. The lowest BCUT2D eigenvalue weighted by Gasteiger charge is -2.07. The molecule has 0 aliphatic heterocycles. The van der Waals surface area contributed by atoms with Crippen LogP contribution in [0.1, 0.15) is 0 Å². The second-order valence-electron chi connectivity index (χ2n) is 8.46. The molecule has 4 N–H and O–H groups in total. The van der Waals surface area contributed by atoms with Crippen LogP contribution in [-0.2, 0) is 29.0 Å². The van der Waals surface area contributed by atoms with E-state index in [0.717, 1.165) is 55.5 Å². The molecule has 0 spiro atoms. The SMILES string of the molecule is O=C(NCCSCSCCN=COOCCSCSCCOC(=O)NCCSCSCCN=COOCCSCCO)OCCSCCO. The third-order valence-electron chi connectivity index (χ3n) is 4.65. The zero-order valence-corrected chi connectivity index (χ0v) is 34.3. The van der Waals surface area contributed by atoms with Crippen molar-refractivity contribution in [3.63, 3.8) is 0 Å². The Labute approximate surface area is 325 Å². The molecule has 0 unspecified atom stereocenters. The van der Waals surface area contributed by atoms with Gasteiger partial charge in [0.25, 0.3) is 0 Å². The molecule has 0 fully saturated rings. The van der Waals surface area contributed by atoms with Crippen LogP contribution in [0.3, 0.4) is 0 Å². The van der Waals surface area contributed by atoms with Gasteiger partial charge in [0.1, 0.15) is 26.4 Å². The molecule has 22 heteroatoms. The van der Waals surface area contributed by atoms with Crippen molar-refractivity contribution < 1.29 is 48.8 Å². The minimum absolute atomic E-state index is 0.135. The van der Waals surface area contributed by atoms with E-state index in [4.69, 9.17) is 39.2 Å². The van der Waals surface area contributed by atoms with Crippen LogP contribution in [0, 0.1) is 0 Å². The van der Waals surface area contributed by atoms with Crippen molar-refractivity contribution in [2.75, 3.05) is 139 Å². The van der Waals surface area contributed by atoms with Crippen molar-refractivity contribution >= 4 is 119 Å². The normalized spacial score (nSPS) is 11.3. The van der Waals surface area contributed by atoms with E-state index in [1.807, 2.05) is 0 Å². The van der Waals surface area contributed by atoms with Gasteiger partial charge in [-0.05, 0) is 0 Å². The van der Waals surface area contributed by atoms with E-state index in [0.29, 0.717) is 69.9 Å². The number of nitrogens with one attached hydrogen (secondary N) is 2. The maximum absolute atomic E-state index is 11.8. The van der Waals surface area contributed by atoms with Gasteiger partial charge in [-0.1, -0.05) is 0 Å². The van der Waals surface area contributed by atoms with Crippen LogP contribution in [0.15, 0.2) is 9.98 Å². The van der Waals surface area contributed by atoms with Crippen molar-refractivity contribution in [1.82, 2.24) is 10.6 Å². The highest BCUT2D eigenvalue weighted by Crippen LogP contribution is 2.13. The predicted molar refractivity (Wildman–Crippen MR) is 218 cm³/mol. The van der Waals surface area contributed by atoms with Gasteiger partial charge in [0.05, 0.1) is 26.3 Å². The topological polar surface area (TPSA) is 179 Å². The molecular formula is C27H52N4O10S8. The number of hydrogen-bond donors (Lipinski definition) is 4. The highest BCUT2D eigenvalue weighted by Gasteiger charge is 2.02. The summed E-state index contributed by atoms with van der Waals surface area (Å²) in [6, 6.07) is 0. The van der Waals surface area contributed by atoms with Crippen LogP contribution in [-0.4, -0.2) is 174 Å². The summed E-state index contributed by atoms with van der Waals surface area (Å²) in [6.45, 7) is 4.32. The van der Waals surface area contributed by atoms with Crippen molar-refractivity contribution in [3.8, 4) is 0 Å². The number of thioether (sulfide) groups is 8. The average molecular weight is 849 g/mol. The Morgan fingerprint density at radius 1 is 0.510 bits per heavy atom. The lowest BCUT2D eigenvalue weighted by Crippen LogP contribution is -2.27. The number of amides is 2. The minimum Gasteiger partial charge on any atom is -0.449 e. The van der Waals surface area contributed by atoms with Crippen molar-refractivity contribution in [1.29, 1.82) is 0 Å². The fourth-order valence-electron chi connectivity index (χ4n) is 2.55. The fourth-order valence-corrected chi connectivity index (χ4v) is 9.19. The lowest BCUT2D eigenvalue weighted by molar-refractivity contribution is -0.210. The molecule has 49 heavy (non-hydrogen) atoms. The van der Waals surface area contributed by atoms with Gasteiger partial charge in [0, 0.05) is 85.9 Å². The smallest absolute Gasteiger partial charge is 0.407 e. The number of hydrogen-bond acceptors (Lipinski definition) is 20. The van der Waals surface area contributed by atoms with E-state index in [1.54, 1.807) is 94.1 Å². The Morgan fingerprint density at radius 3 is 1.37 bits per heavy atom. The van der Waals surface area contributed by atoms with Gasteiger partial charge in [-0.3, -0.25) is 9.98 Å². The molecule has 14 nitrogen and oxygen atoms in total. The highest BCUT2D eigenvalue weighted by molar-refractivity contribution is 8.16. The average Bonchev–Trinajstić information content (AvgIpc) is 3.10. The monoisotopic (exact) mass is 848 g/mol. The predicted octanol–water partition coefficient (Wildman–Crippen LogP) is 4.11. The summed E-state index contributed by atoms with van der Waals surface area (Å²) in [5.41, 5.74) is 0. The molecule has 0 saturated carbocycles. The van der Waals surface area contributed by atoms with Gasteiger partial charge in [0.2, 0.25) is 12.8 Å². The third kappa shape index (κ3) is 44.2. The lowest BCUT2D eigenvalue weighted by atomic mass is 10.7. The number of ether oxygens (including phenoxy) is 2. The molecule has 0 aromatic heterocycles. The molecule has 0 heterocycles. The van der Waals surface area contributed by atoms with E-state index in [9.17, 15) is 9.59 Å². The Hall–Kier alpha value is 0.120. The van der Waals surface area contributed by atoms with E-state index in [-0.39, 0.29) is 19.3 Å². The molecule has 0 bridgehead atoms. The number of carbonyl (C=O) groups is 2. The van der Waals surface area contributed by atoms with Gasteiger partial charge >= 0.3 is 12.2 Å². The first-order chi connectivity index (χ1) is 24.2. The van der Waals surface area contributed by atoms with Crippen LogP contribution in [0.25, 0.3) is 0 Å². The van der Waals surface area contributed by atoms with Crippen LogP contribution < -0.4 is 10.6 Å². The Morgan fingerprint density at radius 2 is 0.898 bits per heavy atom. The van der Waals surface area contributed by atoms with Crippen molar-refractivity contribution in [3.05, 3.63) is 0 Å². The maximum atomic E-state index is 11.8. The molecule has 0 saturated heterocycles.